The smallest absolute Gasteiger partial charge is 0.240 e. The molecule has 3 heteroatoms. The van der Waals surface area contributed by atoms with Gasteiger partial charge in [-0.15, -0.1) is 0 Å². The van der Waals surface area contributed by atoms with Crippen molar-refractivity contribution < 1.29 is 4.79 Å². The lowest BCUT2D eigenvalue weighted by molar-refractivity contribution is -0.127. The molecule has 1 fully saturated rings. The molecule has 0 aromatic carbocycles. The van der Waals surface area contributed by atoms with Gasteiger partial charge in [0.2, 0.25) is 5.91 Å². The SMILES string of the molecule is CCCC(C)(N)C(=O)N[C@H](C)C1CCCCC1. The molecule has 0 aliphatic heterocycles. The second kappa shape index (κ2) is 6.39. The molecule has 3 N–H and O–H groups in total. The molecule has 0 spiro atoms. The number of nitrogens with one attached hydrogen (secondary N) is 1. The third-order valence-electron chi connectivity index (χ3n) is 4.00. The van der Waals surface area contributed by atoms with Crippen LogP contribution in [-0.4, -0.2) is 17.5 Å². The van der Waals surface area contributed by atoms with Crippen LogP contribution in [0.2, 0.25) is 0 Å². The lowest BCUT2D eigenvalue weighted by Gasteiger charge is -2.31. The third kappa shape index (κ3) is 4.30. The Morgan fingerprint density at radius 2 is 2.00 bits per heavy atom. The van der Waals surface area contributed by atoms with Gasteiger partial charge in [0, 0.05) is 6.04 Å². The summed E-state index contributed by atoms with van der Waals surface area (Å²) in [5.41, 5.74) is 5.33. The average Bonchev–Trinajstić information content (AvgIpc) is 2.30. The predicted octanol–water partition coefficient (Wildman–Crippen LogP) is 2.59. The van der Waals surface area contributed by atoms with E-state index in [1.165, 1.54) is 32.1 Å². The lowest BCUT2D eigenvalue weighted by atomic mass is 9.84. The van der Waals surface area contributed by atoms with Crippen molar-refractivity contribution >= 4 is 5.91 Å². The first-order valence-electron chi connectivity index (χ1n) is 7.07. The van der Waals surface area contributed by atoms with Crippen LogP contribution in [0, 0.1) is 5.92 Å². The van der Waals surface area contributed by atoms with Gasteiger partial charge in [-0.2, -0.15) is 0 Å². The predicted molar refractivity (Wildman–Crippen MR) is 71.7 cm³/mol. The van der Waals surface area contributed by atoms with Crippen molar-refractivity contribution in [2.75, 3.05) is 0 Å². The zero-order valence-corrected chi connectivity index (χ0v) is 11.6. The van der Waals surface area contributed by atoms with Crippen LogP contribution in [0.15, 0.2) is 0 Å². The molecule has 1 saturated carbocycles. The Labute approximate surface area is 106 Å². The van der Waals surface area contributed by atoms with Gasteiger partial charge in [-0.05, 0) is 39.0 Å². The van der Waals surface area contributed by atoms with E-state index in [-0.39, 0.29) is 11.9 Å². The van der Waals surface area contributed by atoms with Gasteiger partial charge >= 0.3 is 0 Å². The van der Waals surface area contributed by atoms with Gasteiger partial charge < -0.3 is 11.1 Å². The topological polar surface area (TPSA) is 55.1 Å². The van der Waals surface area contributed by atoms with Crippen molar-refractivity contribution in [3.63, 3.8) is 0 Å². The maximum Gasteiger partial charge on any atom is 0.240 e. The van der Waals surface area contributed by atoms with E-state index >= 15 is 0 Å². The first-order valence-corrected chi connectivity index (χ1v) is 7.07. The van der Waals surface area contributed by atoms with Gasteiger partial charge in [-0.3, -0.25) is 4.79 Å². The number of rotatable bonds is 5. The molecule has 1 aliphatic carbocycles. The first kappa shape index (κ1) is 14.5. The minimum atomic E-state index is -0.711. The standard InChI is InChI=1S/C14H28N2O/c1-4-10-14(3,15)13(17)16-11(2)12-8-6-5-7-9-12/h11-12H,4-10,15H2,1-3H3,(H,16,17)/t11-,14?/m1/s1. The molecule has 0 aromatic heterocycles. The average molecular weight is 240 g/mol. The summed E-state index contributed by atoms with van der Waals surface area (Å²) in [5, 5.41) is 3.11. The number of hydrogen-bond acceptors (Lipinski definition) is 2. The van der Waals surface area contributed by atoms with Crippen molar-refractivity contribution in [3.05, 3.63) is 0 Å². The van der Waals surface area contributed by atoms with Crippen LogP contribution >= 0.6 is 0 Å². The Bertz CT molecular complexity index is 245. The van der Waals surface area contributed by atoms with Gasteiger partial charge in [-0.1, -0.05) is 32.6 Å². The molecule has 1 amide bonds. The minimum Gasteiger partial charge on any atom is -0.352 e. The molecule has 1 rings (SSSR count). The molecule has 0 saturated heterocycles. The van der Waals surface area contributed by atoms with Crippen LogP contribution in [0.1, 0.15) is 65.7 Å². The highest BCUT2D eigenvalue weighted by Crippen LogP contribution is 2.26. The largest absolute Gasteiger partial charge is 0.352 e. The molecule has 0 aromatic rings. The molecule has 2 atom stereocenters. The Hall–Kier alpha value is -0.570. The number of hydrogen-bond donors (Lipinski definition) is 2. The summed E-state index contributed by atoms with van der Waals surface area (Å²) in [7, 11) is 0. The quantitative estimate of drug-likeness (QED) is 0.776. The van der Waals surface area contributed by atoms with Crippen molar-refractivity contribution in [1.82, 2.24) is 5.32 Å². The van der Waals surface area contributed by atoms with E-state index in [1.807, 2.05) is 6.92 Å². The van der Waals surface area contributed by atoms with E-state index in [0.29, 0.717) is 5.92 Å². The molecule has 17 heavy (non-hydrogen) atoms. The zero-order chi connectivity index (χ0) is 12.9. The molecule has 0 radical (unpaired) electrons. The van der Waals surface area contributed by atoms with Gasteiger partial charge in [0.25, 0.3) is 0 Å². The van der Waals surface area contributed by atoms with E-state index in [0.717, 1.165) is 12.8 Å². The third-order valence-corrected chi connectivity index (χ3v) is 4.00. The molecule has 1 aliphatic rings. The molecule has 0 heterocycles. The number of nitrogens with two attached hydrogens (primary N) is 1. The summed E-state index contributed by atoms with van der Waals surface area (Å²) in [6.07, 6.45) is 8.14. The number of amides is 1. The van der Waals surface area contributed by atoms with Crippen molar-refractivity contribution in [3.8, 4) is 0 Å². The highest BCUT2D eigenvalue weighted by Gasteiger charge is 2.30. The highest BCUT2D eigenvalue weighted by atomic mass is 16.2. The van der Waals surface area contributed by atoms with Crippen LogP contribution < -0.4 is 11.1 Å². The van der Waals surface area contributed by atoms with Gasteiger partial charge in [-0.25, -0.2) is 0 Å². The van der Waals surface area contributed by atoms with Crippen LogP contribution in [0.5, 0.6) is 0 Å². The van der Waals surface area contributed by atoms with Gasteiger partial charge in [0.05, 0.1) is 5.54 Å². The maximum absolute atomic E-state index is 12.1. The summed E-state index contributed by atoms with van der Waals surface area (Å²) >= 11 is 0. The van der Waals surface area contributed by atoms with Crippen molar-refractivity contribution in [2.45, 2.75) is 77.3 Å². The van der Waals surface area contributed by atoms with Gasteiger partial charge in [0.15, 0.2) is 0 Å². The maximum atomic E-state index is 12.1. The summed E-state index contributed by atoms with van der Waals surface area (Å²) in [6, 6.07) is 0.266. The van der Waals surface area contributed by atoms with Crippen molar-refractivity contribution in [1.29, 1.82) is 0 Å². The second-order valence-corrected chi connectivity index (χ2v) is 5.83. The summed E-state index contributed by atoms with van der Waals surface area (Å²) in [4.78, 5) is 12.1. The first-order chi connectivity index (χ1) is 7.97. The lowest BCUT2D eigenvalue weighted by Crippen LogP contribution is -2.54. The number of carbonyl (C=O) groups excluding carboxylic acids is 1. The van der Waals surface area contributed by atoms with E-state index in [1.54, 1.807) is 0 Å². The molecular weight excluding hydrogens is 212 g/mol. The Balaban J connectivity index is 2.44. The monoisotopic (exact) mass is 240 g/mol. The summed E-state index contributed by atoms with van der Waals surface area (Å²) in [6.45, 7) is 6.01. The fourth-order valence-electron chi connectivity index (χ4n) is 2.76. The summed E-state index contributed by atoms with van der Waals surface area (Å²) < 4.78 is 0. The molecule has 1 unspecified atom stereocenters. The molecule has 0 bridgehead atoms. The molecule has 3 nitrogen and oxygen atoms in total. The van der Waals surface area contributed by atoms with Gasteiger partial charge in [0.1, 0.15) is 0 Å². The number of carbonyl (C=O) groups is 1. The highest BCUT2D eigenvalue weighted by molar-refractivity contribution is 5.85. The van der Waals surface area contributed by atoms with E-state index in [4.69, 9.17) is 5.73 Å². The van der Waals surface area contributed by atoms with Crippen LogP contribution in [-0.2, 0) is 4.79 Å². The zero-order valence-electron chi connectivity index (χ0n) is 11.6. The normalized spacial score (nSPS) is 22.8. The van der Waals surface area contributed by atoms with Crippen molar-refractivity contribution in [2.24, 2.45) is 11.7 Å². The van der Waals surface area contributed by atoms with Crippen LogP contribution in [0.4, 0.5) is 0 Å². The van der Waals surface area contributed by atoms with Crippen LogP contribution in [0.25, 0.3) is 0 Å². The summed E-state index contributed by atoms with van der Waals surface area (Å²) in [5.74, 6) is 0.655. The fourth-order valence-corrected chi connectivity index (χ4v) is 2.76. The second-order valence-electron chi connectivity index (χ2n) is 5.83. The Kier molecular flexibility index (Phi) is 5.44. The molecule has 100 valence electrons. The van der Waals surface area contributed by atoms with E-state index in [2.05, 4.69) is 19.2 Å². The fraction of sp³-hybridized carbons (Fsp3) is 0.929. The minimum absolute atomic E-state index is 0.0115. The van der Waals surface area contributed by atoms with E-state index < -0.39 is 5.54 Å². The Morgan fingerprint density at radius 3 is 2.53 bits per heavy atom. The van der Waals surface area contributed by atoms with Crippen LogP contribution in [0.3, 0.4) is 0 Å². The van der Waals surface area contributed by atoms with E-state index in [9.17, 15) is 4.79 Å². The molecular formula is C14H28N2O. The Morgan fingerprint density at radius 1 is 1.41 bits per heavy atom.